The Morgan fingerprint density at radius 2 is 2.32 bits per heavy atom. The summed E-state index contributed by atoms with van der Waals surface area (Å²) >= 11 is 0. The highest BCUT2D eigenvalue weighted by Crippen LogP contribution is 2.30. The van der Waals surface area contributed by atoms with E-state index >= 15 is 0 Å². The van der Waals surface area contributed by atoms with Crippen LogP contribution < -0.4 is 5.32 Å². The van der Waals surface area contributed by atoms with Gasteiger partial charge in [0.2, 0.25) is 5.91 Å². The number of carbonyl (C=O) groups excluding carboxylic acids is 1. The molecule has 104 valence electrons. The first-order valence-corrected chi connectivity index (χ1v) is 6.47. The number of amides is 1. The number of hydrogen-bond acceptors (Lipinski definition) is 4. The van der Waals surface area contributed by atoms with Gasteiger partial charge in [0.25, 0.3) is 0 Å². The van der Waals surface area contributed by atoms with Gasteiger partial charge in [0, 0.05) is 12.5 Å². The van der Waals surface area contributed by atoms with Gasteiger partial charge in [-0.2, -0.15) is 0 Å². The van der Waals surface area contributed by atoms with Crippen LogP contribution in [0.3, 0.4) is 0 Å². The number of nitrogens with one attached hydrogen (secondary N) is 1. The maximum absolute atomic E-state index is 11.8. The van der Waals surface area contributed by atoms with Gasteiger partial charge >= 0.3 is 5.97 Å². The number of aromatic nitrogens is 3. The molecule has 2 unspecified atom stereocenters. The molecular weight excluding hydrogens is 248 g/mol. The van der Waals surface area contributed by atoms with E-state index in [4.69, 9.17) is 5.11 Å². The van der Waals surface area contributed by atoms with Crippen LogP contribution in [-0.4, -0.2) is 38.5 Å². The summed E-state index contributed by atoms with van der Waals surface area (Å²) in [5.74, 6) is -0.261. The van der Waals surface area contributed by atoms with E-state index < -0.39 is 5.97 Å². The highest BCUT2D eigenvalue weighted by molar-refractivity contribution is 5.84. The van der Waals surface area contributed by atoms with Gasteiger partial charge < -0.3 is 10.4 Å². The second kappa shape index (κ2) is 5.81. The maximum Gasteiger partial charge on any atom is 0.358 e. The third-order valence-corrected chi connectivity index (χ3v) is 3.46. The number of carboxylic acid groups (broad SMARTS) is 1. The third-order valence-electron chi connectivity index (χ3n) is 3.46. The molecule has 0 aliphatic heterocycles. The first-order chi connectivity index (χ1) is 9.06. The molecule has 7 nitrogen and oxygen atoms in total. The summed E-state index contributed by atoms with van der Waals surface area (Å²) in [6.45, 7) is 3.02. The lowest BCUT2D eigenvalue weighted by Crippen LogP contribution is -2.32. The zero-order chi connectivity index (χ0) is 13.8. The summed E-state index contributed by atoms with van der Waals surface area (Å²) in [5, 5.41) is 18.7. The quantitative estimate of drug-likeness (QED) is 0.810. The molecule has 1 heterocycles. The summed E-state index contributed by atoms with van der Waals surface area (Å²) in [6, 6.07) is 0. The fourth-order valence-corrected chi connectivity index (χ4v) is 2.39. The van der Waals surface area contributed by atoms with E-state index in [1.165, 1.54) is 10.9 Å². The summed E-state index contributed by atoms with van der Waals surface area (Å²) in [6.07, 6.45) is 4.38. The van der Waals surface area contributed by atoms with Crippen molar-refractivity contribution in [3.8, 4) is 0 Å². The number of rotatable bonds is 5. The molecule has 2 rings (SSSR count). The molecule has 2 N–H and O–H groups in total. The summed E-state index contributed by atoms with van der Waals surface area (Å²) in [4.78, 5) is 22.5. The first-order valence-electron chi connectivity index (χ1n) is 6.47. The van der Waals surface area contributed by atoms with Crippen molar-refractivity contribution in [2.75, 3.05) is 6.54 Å². The Morgan fingerprint density at radius 3 is 2.89 bits per heavy atom. The Hall–Kier alpha value is -1.92. The van der Waals surface area contributed by atoms with Crippen molar-refractivity contribution in [1.29, 1.82) is 0 Å². The standard InChI is InChI=1S/C12H18N4O3/c1-8-2-3-9(6-8)11(17)13-4-5-16-7-10(12(18)19)14-15-16/h7-9H,2-6H2,1H3,(H,13,17)(H,18,19). The third kappa shape index (κ3) is 3.52. The molecule has 7 heteroatoms. The average molecular weight is 266 g/mol. The fraction of sp³-hybridized carbons (Fsp3) is 0.667. The topological polar surface area (TPSA) is 97.1 Å². The molecule has 0 aromatic carbocycles. The second-order valence-corrected chi connectivity index (χ2v) is 5.08. The van der Waals surface area contributed by atoms with E-state index in [9.17, 15) is 9.59 Å². The number of carboxylic acids is 1. The minimum Gasteiger partial charge on any atom is -0.476 e. The highest BCUT2D eigenvalue weighted by atomic mass is 16.4. The molecule has 1 aliphatic carbocycles. The van der Waals surface area contributed by atoms with Crippen molar-refractivity contribution >= 4 is 11.9 Å². The molecule has 1 aromatic heterocycles. The van der Waals surface area contributed by atoms with E-state index in [0.717, 1.165) is 19.3 Å². The zero-order valence-corrected chi connectivity index (χ0v) is 10.9. The van der Waals surface area contributed by atoms with Gasteiger partial charge in [-0.15, -0.1) is 5.10 Å². The van der Waals surface area contributed by atoms with Crippen molar-refractivity contribution in [3.05, 3.63) is 11.9 Å². The Kier molecular flexibility index (Phi) is 4.13. The molecule has 1 fully saturated rings. The molecule has 0 spiro atoms. The van der Waals surface area contributed by atoms with Crippen LogP contribution in [0.2, 0.25) is 0 Å². The number of hydrogen-bond donors (Lipinski definition) is 2. The van der Waals surface area contributed by atoms with Gasteiger partial charge in [0.1, 0.15) is 0 Å². The summed E-state index contributed by atoms with van der Waals surface area (Å²) < 4.78 is 1.42. The van der Waals surface area contributed by atoms with E-state index in [-0.39, 0.29) is 17.5 Å². The predicted octanol–water partition coefficient (Wildman–Crippen LogP) is 0.529. The van der Waals surface area contributed by atoms with Crippen LogP contribution in [0.15, 0.2) is 6.20 Å². The molecule has 1 aliphatic rings. The predicted molar refractivity (Wildman–Crippen MR) is 66.5 cm³/mol. The lowest BCUT2D eigenvalue weighted by atomic mass is 10.1. The van der Waals surface area contributed by atoms with Crippen molar-refractivity contribution in [3.63, 3.8) is 0 Å². The number of aromatic carboxylic acids is 1. The largest absolute Gasteiger partial charge is 0.476 e. The van der Waals surface area contributed by atoms with Gasteiger partial charge in [-0.1, -0.05) is 12.1 Å². The Morgan fingerprint density at radius 1 is 1.53 bits per heavy atom. The lowest BCUT2D eigenvalue weighted by Gasteiger charge is -2.10. The SMILES string of the molecule is CC1CCC(C(=O)NCCn2cc(C(=O)O)nn2)C1. The van der Waals surface area contributed by atoms with E-state index in [2.05, 4.69) is 22.6 Å². The van der Waals surface area contributed by atoms with Crippen LogP contribution in [0.4, 0.5) is 0 Å². The van der Waals surface area contributed by atoms with E-state index in [1.807, 2.05) is 0 Å². The zero-order valence-electron chi connectivity index (χ0n) is 10.9. The average Bonchev–Trinajstić information content (AvgIpc) is 2.98. The monoisotopic (exact) mass is 266 g/mol. The van der Waals surface area contributed by atoms with Crippen LogP contribution in [0.5, 0.6) is 0 Å². The molecule has 0 radical (unpaired) electrons. The molecule has 2 atom stereocenters. The second-order valence-electron chi connectivity index (χ2n) is 5.08. The van der Waals surface area contributed by atoms with Gasteiger partial charge in [-0.05, 0) is 25.2 Å². The number of nitrogens with zero attached hydrogens (tertiary/aromatic N) is 3. The van der Waals surface area contributed by atoms with E-state index in [1.54, 1.807) is 0 Å². The van der Waals surface area contributed by atoms with Crippen molar-refractivity contribution in [2.45, 2.75) is 32.7 Å². The normalized spacial score (nSPS) is 22.4. The van der Waals surface area contributed by atoms with Crippen LogP contribution in [0.1, 0.15) is 36.7 Å². The van der Waals surface area contributed by atoms with Crippen molar-refractivity contribution in [2.24, 2.45) is 11.8 Å². The van der Waals surface area contributed by atoms with E-state index in [0.29, 0.717) is 19.0 Å². The van der Waals surface area contributed by atoms with Crippen LogP contribution in [0.25, 0.3) is 0 Å². The Labute approximate surface area is 111 Å². The van der Waals surface area contributed by atoms with Crippen molar-refractivity contribution in [1.82, 2.24) is 20.3 Å². The molecule has 1 saturated carbocycles. The smallest absolute Gasteiger partial charge is 0.358 e. The molecular formula is C12H18N4O3. The van der Waals surface area contributed by atoms with Gasteiger partial charge in [-0.25, -0.2) is 9.48 Å². The van der Waals surface area contributed by atoms with Gasteiger partial charge in [-0.3, -0.25) is 4.79 Å². The maximum atomic E-state index is 11.8. The first kappa shape index (κ1) is 13.5. The highest BCUT2D eigenvalue weighted by Gasteiger charge is 2.26. The molecule has 0 saturated heterocycles. The molecule has 0 bridgehead atoms. The molecule has 19 heavy (non-hydrogen) atoms. The van der Waals surface area contributed by atoms with Crippen molar-refractivity contribution < 1.29 is 14.7 Å². The number of carbonyl (C=O) groups is 2. The Bertz CT molecular complexity index is 471. The van der Waals surface area contributed by atoms with Gasteiger partial charge in [0.15, 0.2) is 5.69 Å². The Balaban J connectivity index is 1.73. The minimum absolute atomic E-state index is 0.0860. The summed E-state index contributed by atoms with van der Waals surface area (Å²) in [7, 11) is 0. The van der Waals surface area contributed by atoms with Crippen LogP contribution in [0, 0.1) is 11.8 Å². The molecule has 1 aromatic rings. The van der Waals surface area contributed by atoms with Crippen LogP contribution >= 0.6 is 0 Å². The lowest BCUT2D eigenvalue weighted by molar-refractivity contribution is -0.124. The fourth-order valence-electron chi connectivity index (χ4n) is 2.39. The minimum atomic E-state index is -1.10. The molecule has 1 amide bonds. The summed E-state index contributed by atoms with van der Waals surface area (Å²) in [5.41, 5.74) is -0.0871. The van der Waals surface area contributed by atoms with Crippen LogP contribution in [-0.2, 0) is 11.3 Å². The van der Waals surface area contributed by atoms with Gasteiger partial charge in [0.05, 0.1) is 12.7 Å².